The number of hydrogen-bond donors (Lipinski definition) is 2. The first kappa shape index (κ1) is 14.3. The van der Waals surface area contributed by atoms with Gasteiger partial charge >= 0.3 is 0 Å². The second-order valence-corrected chi connectivity index (χ2v) is 5.49. The monoisotopic (exact) mass is 316 g/mol. The molecule has 0 fully saturated rings. The van der Waals surface area contributed by atoms with Gasteiger partial charge in [-0.3, -0.25) is 10.1 Å². The van der Waals surface area contributed by atoms with E-state index in [1.807, 2.05) is 48.7 Å². The van der Waals surface area contributed by atoms with Gasteiger partial charge in [0.15, 0.2) is 0 Å². The number of aryl methyl sites for hydroxylation is 2. The van der Waals surface area contributed by atoms with Crippen LogP contribution in [0.4, 0.5) is 11.6 Å². The van der Waals surface area contributed by atoms with Crippen molar-refractivity contribution in [2.24, 2.45) is 0 Å². The van der Waals surface area contributed by atoms with Gasteiger partial charge in [-0.15, -0.1) is 0 Å². The van der Waals surface area contributed by atoms with Crippen LogP contribution in [0.2, 0.25) is 0 Å². The first-order valence-electron chi connectivity index (χ1n) is 7.79. The molecule has 0 aliphatic carbocycles. The lowest BCUT2D eigenvalue weighted by atomic mass is 10.2. The lowest BCUT2D eigenvalue weighted by Crippen LogP contribution is -2.01. The third kappa shape index (κ3) is 3.22. The van der Waals surface area contributed by atoms with E-state index in [9.17, 15) is 0 Å². The predicted octanol–water partition coefficient (Wildman–Crippen LogP) is 3.28. The predicted molar refractivity (Wildman–Crippen MR) is 93.1 cm³/mol. The van der Waals surface area contributed by atoms with Gasteiger partial charge < -0.3 is 5.32 Å². The summed E-state index contributed by atoms with van der Waals surface area (Å²) in [6, 6.07) is 13.9. The van der Waals surface area contributed by atoms with Gasteiger partial charge in [0.25, 0.3) is 0 Å². The summed E-state index contributed by atoms with van der Waals surface area (Å²) in [6.07, 6.45) is 7.08. The van der Waals surface area contributed by atoms with E-state index >= 15 is 0 Å². The van der Waals surface area contributed by atoms with Crippen LogP contribution in [0.25, 0.3) is 10.9 Å². The van der Waals surface area contributed by atoms with Gasteiger partial charge in [0, 0.05) is 34.9 Å². The number of nitrogens with one attached hydrogen (secondary N) is 2. The molecule has 0 amide bonds. The second-order valence-electron chi connectivity index (χ2n) is 5.49. The summed E-state index contributed by atoms with van der Waals surface area (Å²) >= 11 is 0. The average Bonchev–Trinajstić information content (AvgIpc) is 3.09. The highest BCUT2D eigenvalue weighted by atomic mass is 15.1. The first-order valence-corrected chi connectivity index (χ1v) is 7.79. The fourth-order valence-electron chi connectivity index (χ4n) is 2.55. The zero-order chi connectivity index (χ0) is 16.2. The smallest absolute Gasteiger partial charge is 0.227 e. The Morgan fingerprint density at radius 3 is 2.79 bits per heavy atom. The fourth-order valence-corrected chi connectivity index (χ4v) is 2.55. The minimum absolute atomic E-state index is 0.594. The van der Waals surface area contributed by atoms with Gasteiger partial charge in [0.1, 0.15) is 0 Å². The lowest BCUT2D eigenvalue weighted by molar-refractivity contribution is 0.873. The van der Waals surface area contributed by atoms with Gasteiger partial charge in [-0.05, 0) is 49.2 Å². The molecule has 3 aromatic heterocycles. The highest BCUT2D eigenvalue weighted by Gasteiger charge is 2.03. The van der Waals surface area contributed by atoms with Crippen LogP contribution in [0.5, 0.6) is 0 Å². The van der Waals surface area contributed by atoms with Crippen molar-refractivity contribution >= 4 is 22.5 Å². The molecule has 0 unspecified atom stereocenters. The number of pyridine rings is 1. The quantitative estimate of drug-likeness (QED) is 0.590. The highest BCUT2D eigenvalue weighted by molar-refractivity contribution is 5.82. The van der Waals surface area contributed by atoms with Crippen LogP contribution in [0.1, 0.15) is 11.4 Å². The fraction of sp³-hybridized carbons (Fsp3) is 0.111. The summed E-state index contributed by atoms with van der Waals surface area (Å²) < 4.78 is 0. The molecule has 0 radical (unpaired) electrons. The Morgan fingerprint density at radius 1 is 0.917 bits per heavy atom. The molecule has 0 aliphatic rings. The number of hydrogen-bond acceptors (Lipinski definition) is 5. The molecule has 6 nitrogen and oxygen atoms in total. The molecule has 0 saturated heterocycles. The molecule has 2 N–H and O–H groups in total. The SMILES string of the molecule is c1ccc(CCc2ccnc(Nc3ccc4[nH]ncc4c3)n2)nc1. The van der Waals surface area contributed by atoms with Crippen LogP contribution in [-0.2, 0) is 12.8 Å². The molecular weight excluding hydrogens is 300 g/mol. The molecule has 3 heterocycles. The molecule has 0 spiro atoms. The van der Waals surface area contributed by atoms with Gasteiger partial charge in [-0.1, -0.05) is 6.07 Å². The van der Waals surface area contributed by atoms with Crippen LogP contribution in [0, 0.1) is 0 Å². The van der Waals surface area contributed by atoms with Gasteiger partial charge in [-0.25, -0.2) is 9.97 Å². The van der Waals surface area contributed by atoms with E-state index in [0.29, 0.717) is 5.95 Å². The molecule has 0 bridgehead atoms. The summed E-state index contributed by atoms with van der Waals surface area (Å²) in [6.45, 7) is 0. The van der Waals surface area contributed by atoms with Crippen molar-refractivity contribution in [1.82, 2.24) is 25.1 Å². The van der Waals surface area contributed by atoms with Crippen molar-refractivity contribution in [2.75, 3.05) is 5.32 Å². The normalized spacial score (nSPS) is 10.8. The molecule has 24 heavy (non-hydrogen) atoms. The maximum Gasteiger partial charge on any atom is 0.227 e. The van der Waals surface area contributed by atoms with Crippen molar-refractivity contribution in [3.63, 3.8) is 0 Å². The number of anilines is 2. The first-order chi connectivity index (χ1) is 11.9. The zero-order valence-corrected chi connectivity index (χ0v) is 13.0. The molecule has 0 atom stereocenters. The average molecular weight is 316 g/mol. The zero-order valence-electron chi connectivity index (χ0n) is 13.0. The molecule has 0 saturated carbocycles. The standard InChI is InChI=1S/C18H16N6/c1-2-9-19-14(3-1)4-5-15-8-10-20-18(22-15)23-16-6-7-17-13(11-16)12-21-24-17/h1-3,6-12H,4-5H2,(H,21,24)(H,20,22,23). The summed E-state index contributed by atoms with van der Waals surface area (Å²) in [5.41, 5.74) is 4.00. The molecule has 118 valence electrons. The number of benzene rings is 1. The number of aromatic amines is 1. The van der Waals surface area contributed by atoms with E-state index in [-0.39, 0.29) is 0 Å². The molecular formula is C18H16N6. The van der Waals surface area contributed by atoms with Gasteiger partial charge in [-0.2, -0.15) is 5.10 Å². The molecule has 1 aromatic carbocycles. The molecule has 6 heteroatoms. The Balaban J connectivity index is 1.47. The minimum atomic E-state index is 0.594. The minimum Gasteiger partial charge on any atom is -0.324 e. The number of H-pyrrole nitrogens is 1. The third-order valence-corrected chi connectivity index (χ3v) is 3.77. The van der Waals surface area contributed by atoms with Crippen LogP contribution >= 0.6 is 0 Å². The van der Waals surface area contributed by atoms with Gasteiger partial charge in [0.2, 0.25) is 5.95 Å². The van der Waals surface area contributed by atoms with Crippen molar-refractivity contribution in [2.45, 2.75) is 12.8 Å². The van der Waals surface area contributed by atoms with Crippen molar-refractivity contribution in [3.05, 3.63) is 72.4 Å². The summed E-state index contributed by atoms with van der Waals surface area (Å²) in [4.78, 5) is 13.2. The van der Waals surface area contributed by atoms with Crippen molar-refractivity contribution < 1.29 is 0 Å². The summed E-state index contributed by atoms with van der Waals surface area (Å²) in [5, 5.41) is 11.3. The molecule has 0 aliphatic heterocycles. The third-order valence-electron chi connectivity index (χ3n) is 3.77. The number of fused-ring (bicyclic) bond motifs is 1. The van der Waals surface area contributed by atoms with E-state index in [4.69, 9.17) is 0 Å². The highest BCUT2D eigenvalue weighted by Crippen LogP contribution is 2.19. The largest absolute Gasteiger partial charge is 0.324 e. The van der Waals surface area contributed by atoms with E-state index in [1.165, 1.54) is 0 Å². The number of aromatic nitrogens is 5. The molecule has 4 rings (SSSR count). The lowest BCUT2D eigenvalue weighted by Gasteiger charge is -2.06. The Labute approximate surface area is 139 Å². The maximum absolute atomic E-state index is 4.58. The van der Waals surface area contributed by atoms with Crippen LogP contribution in [0.3, 0.4) is 0 Å². The van der Waals surface area contributed by atoms with Gasteiger partial charge in [0.05, 0.1) is 11.7 Å². The Hall–Kier alpha value is -3.28. The van der Waals surface area contributed by atoms with Crippen LogP contribution in [-0.4, -0.2) is 25.1 Å². The number of rotatable bonds is 5. The summed E-state index contributed by atoms with van der Waals surface area (Å²) in [7, 11) is 0. The molecule has 4 aromatic rings. The Kier molecular flexibility index (Phi) is 3.85. The van der Waals surface area contributed by atoms with Crippen molar-refractivity contribution in [1.29, 1.82) is 0 Å². The van der Waals surface area contributed by atoms with E-state index in [1.54, 1.807) is 12.4 Å². The van der Waals surface area contributed by atoms with Crippen LogP contribution < -0.4 is 5.32 Å². The summed E-state index contributed by atoms with van der Waals surface area (Å²) in [5.74, 6) is 0.594. The Morgan fingerprint density at radius 2 is 1.88 bits per heavy atom. The number of nitrogens with zero attached hydrogens (tertiary/aromatic N) is 4. The van der Waals surface area contributed by atoms with Crippen LogP contribution in [0.15, 0.2) is 61.1 Å². The Bertz CT molecular complexity index is 948. The topological polar surface area (TPSA) is 79.4 Å². The van der Waals surface area contributed by atoms with Crippen molar-refractivity contribution in [3.8, 4) is 0 Å². The second kappa shape index (κ2) is 6.45. The maximum atomic E-state index is 4.58. The van der Waals surface area contributed by atoms with E-state index in [2.05, 4.69) is 30.5 Å². The van der Waals surface area contributed by atoms with E-state index in [0.717, 1.165) is 40.8 Å². The van der Waals surface area contributed by atoms with E-state index < -0.39 is 0 Å².